The third-order valence-corrected chi connectivity index (χ3v) is 3.75. The molecule has 4 N–H and O–H groups in total. The molecule has 1 aromatic heterocycles. The molecule has 0 aliphatic carbocycles. The van der Waals surface area contributed by atoms with Crippen LogP contribution in [0.25, 0.3) is 10.9 Å². The minimum Gasteiger partial charge on any atom is -0.490 e. The second-order valence-electron chi connectivity index (χ2n) is 5.98. The summed E-state index contributed by atoms with van der Waals surface area (Å²) in [5.41, 5.74) is 4.33. The number of aromatic nitrogens is 1. The van der Waals surface area contributed by atoms with Crippen molar-refractivity contribution in [2.24, 2.45) is 5.73 Å². The molecule has 0 saturated heterocycles. The second kappa shape index (κ2) is 9.85. The lowest BCUT2D eigenvalue weighted by Gasteiger charge is -2.14. The van der Waals surface area contributed by atoms with Gasteiger partial charge in [0, 0.05) is 19.0 Å². The zero-order valence-electron chi connectivity index (χ0n) is 15.4. The zero-order valence-corrected chi connectivity index (χ0v) is 17.0. The Morgan fingerprint density at radius 1 is 1.25 bits per heavy atom. The Kier molecular flexibility index (Phi) is 9.09. The molecule has 0 saturated carbocycles. The van der Waals surface area contributed by atoms with E-state index in [1.807, 2.05) is 19.0 Å². The predicted octanol–water partition coefficient (Wildman–Crippen LogP) is 2.94. The number of likely N-dealkylation sites (N-methyl/N-ethyl adjacent to an activating group) is 1. The van der Waals surface area contributed by atoms with Gasteiger partial charge in [-0.2, -0.15) is 13.2 Å². The van der Waals surface area contributed by atoms with E-state index in [1.54, 1.807) is 0 Å². The van der Waals surface area contributed by atoms with E-state index in [4.69, 9.17) is 15.9 Å². The van der Waals surface area contributed by atoms with Gasteiger partial charge >= 0.3 is 6.18 Å². The lowest BCUT2D eigenvalue weighted by atomic mass is 10.1. The summed E-state index contributed by atoms with van der Waals surface area (Å²) in [6.07, 6.45) is -4.59. The Morgan fingerprint density at radius 2 is 1.86 bits per heavy atom. The molecule has 1 aromatic carbocycles. The van der Waals surface area contributed by atoms with E-state index in [0.717, 1.165) is 17.0 Å². The summed E-state index contributed by atoms with van der Waals surface area (Å²) in [4.78, 5) is 17.6. The number of amides is 1. The first-order chi connectivity index (χ1) is 12.0. The van der Waals surface area contributed by atoms with Crippen LogP contribution < -0.4 is 10.5 Å². The Balaban J connectivity index is 0.00000364. The normalized spacial score (nSPS) is 11.0. The van der Waals surface area contributed by atoms with E-state index < -0.39 is 23.6 Å². The van der Waals surface area contributed by atoms with Crippen LogP contribution in [-0.2, 0) is 6.18 Å². The van der Waals surface area contributed by atoms with Crippen molar-refractivity contribution in [2.45, 2.75) is 6.18 Å². The van der Waals surface area contributed by atoms with Crippen LogP contribution in [0.1, 0.15) is 16.1 Å². The molecule has 0 atom stereocenters. The Morgan fingerprint density at radius 3 is 2.36 bits per heavy atom. The average Bonchev–Trinajstić information content (AvgIpc) is 2.97. The lowest BCUT2D eigenvalue weighted by Crippen LogP contribution is -2.38. The number of guanidine groups is 1. The number of alkyl halides is 3. The van der Waals surface area contributed by atoms with Crippen molar-refractivity contribution in [3.63, 3.8) is 0 Å². The van der Waals surface area contributed by atoms with Crippen LogP contribution in [0.15, 0.2) is 18.2 Å². The summed E-state index contributed by atoms with van der Waals surface area (Å²) in [6.45, 7) is 0.838. The highest BCUT2D eigenvalue weighted by atomic mass is 35.5. The molecule has 0 aliphatic rings. The molecule has 1 heterocycles. The Hall–Kier alpha value is -2.17. The third kappa shape index (κ3) is 5.66. The first-order valence-corrected chi connectivity index (χ1v) is 7.65. The van der Waals surface area contributed by atoms with E-state index in [-0.39, 0.29) is 53.8 Å². The molecule has 0 bridgehead atoms. The number of halogens is 5. The quantitative estimate of drug-likeness (QED) is 0.488. The van der Waals surface area contributed by atoms with Gasteiger partial charge in [0.15, 0.2) is 5.96 Å². The Bertz CT molecular complexity index is 840. The summed E-state index contributed by atoms with van der Waals surface area (Å²) in [6, 6.07) is 3.24. The molecule has 0 spiro atoms. The number of fused-ring (bicyclic) bond motifs is 1. The molecule has 12 heteroatoms. The summed E-state index contributed by atoms with van der Waals surface area (Å²) < 4.78 is 45.4. The summed E-state index contributed by atoms with van der Waals surface area (Å²) in [5.74, 6) is -1.03. The van der Waals surface area contributed by atoms with Gasteiger partial charge in [0.1, 0.15) is 18.1 Å². The van der Waals surface area contributed by atoms with Gasteiger partial charge in [-0.15, -0.1) is 24.8 Å². The van der Waals surface area contributed by atoms with Crippen LogP contribution in [0.3, 0.4) is 0 Å². The molecule has 7 nitrogen and oxygen atoms in total. The van der Waals surface area contributed by atoms with E-state index in [0.29, 0.717) is 6.54 Å². The summed E-state index contributed by atoms with van der Waals surface area (Å²) in [5, 5.41) is 7.11. The lowest BCUT2D eigenvalue weighted by molar-refractivity contribution is -0.136. The molecule has 0 unspecified atom stereocenters. The first-order valence-electron chi connectivity index (χ1n) is 7.65. The van der Waals surface area contributed by atoms with Crippen molar-refractivity contribution in [2.75, 3.05) is 34.3 Å². The molecule has 0 fully saturated rings. The summed E-state index contributed by atoms with van der Waals surface area (Å²) in [7, 11) is 4.94. The van der Waals surface area contributed by atoms with E-state index in [1.165, 1.54) is 13.1 Å². The number of rotatable bonds is 5. The first kappa shape index (κ1) is 25.8. The van der Waals surface area contributed by atoms with Gasteiger partial charge in [0.05, 0.1) is 11.1 Å². The maximum atomic E-state index is 13.3. The van der Waals surface area contributed by atoms with Crippen LogP contribution in [0.4, 0.5) is 13.2 Å². The number of H-pyrrole nitrogens is 1. The van der Waals surface area contributed by atoms with Gasteiger partial charge in [-0.1, -0.05) is 0 Å². The topological polar surface area (TPSA) is 98.4 Å². The predicted molar refractivity (Wildman–Crippen MR) is 106 cm³/mol. The van der Waals surface area contributed by atoms with Crippen molar-refractivity contribution in [3.05, 3.63) is 29.5 Å². The van der Waals surface area contributed by atoms with E-state index >= 15 is 0 Å². The van der Waals surface area contributed by atoms with Crippen LogP contribution in [-0.4, -0.2) is 60.9 Å². The standard InChI is InChI=1S/C16H20F3N5O2.2ClH/c1-23(2)6-7-26-12-5-4-10(16(17,18)19)9-8-11(22-13(9)12)14(25)24(3)15(20)21;;/h4-5,8,22H,6-7H2,1-3H3,(H3,20,21);2*1H. The van der Waals surface area contributed by atoms with Crippen LogP contribution in [0.2, 0.25) is 0 Å². The van der Waals surface area contributed by atoms with Crippen molar-refractivity contribution >= 4 is 47.6 Å². The van der Waals surface area contributed by atoms with Crippen LogP contribution >= 0.6 is 24.8 Å². The fraction of sp³-hybridized carbons (Fsp3) is 0.375. The van der Waals surface area contributed by atoms with Gasteiger partial charge < -0.3 is 20.4 Å². The number of nitrogens with one attached hydrogen (secondary N) is 2. The maximum Gasteiger partial charge on any atom is 0.417 e. The fourth-order valence-corrected chi connectivity index (χ4v) is 2.30. The highest BCUT2D eigenvalue weighted by molar-refractivity contribution is 6.06. The number of carbonyl (C=O) groups excluding carboxylic acids is 1. The van der Waals surface area contributed by atoms with Gasteiger partial charge in [0.2, 0.25) is 0 Å². The largest absolute Gasteiger partial charge is 0.490 e. The molecular weight excluding hydrogens is 422 g/mol. The molecule has 158 valence electrons. The molecule has 2 aromatic rings. The highest BCUT2D eigenvalue weighted by Crippen LogP contribution is 2.38. The molecule has 0 aliphatic heterocycles. The second-order valence-corrected chi connectivity index (χ2v) is 5.98. The van der Waals surface area contributed by atoms with Gasteiger partial charge in [-0.25, -0.2) is 0 Å². The van der Waals surface area contributed by atoms with Gasteiger partial charge in [-0.3, -0.25) is 15.1 Å². The number of aromatic amines is 1. The van der Waals surface area contributed by atoms with E-state index in [9.17, 15) is 18.0 Å². The van der Waals surface area contributed by atoms with Crippen molar-refractivity contribution < 1.29 is 22.7 Å². The molecule has 2 rings (SSSR count). The molecular formula is C16H22Cl2F3N5O2. The molecule has 0 radical (unpaired) electrons. The number of carbonyl (C=O) groups is 1. The van der Waals surface area contributed by atoms with Gasteiger partial charge in [-0.05, 0) is 32.3 Å². The smallest absolute Gasteiger partial charge is 0.417 e. The Labute approximate surface area is 172 Å². The monoisotopic (exact) mass is 443 g/mol. The summed E-state index contributed by atoms with van der Waals surface area (Å²) >= 11 is 0. The molecule has 28 heavy (non-hydrogen) atoms. The fourth-order valence-electron chi connectivity index (χ4n) is 2.30. The van der Waals surface area contributed by atoms with Crippen LogP contribution in [0.5, 0.6) is 5.75 Å². The third-order valence-electron chi connectivity index (χ3n) is 3.75. The van der Waals surface area contributed by atoms with Crippen molar-refractivity contribution in [3.8, 4) is 5.75 Å². The van der Waals surface area contributed by atoms with E-state index in [2.05, 4.69) is 4.98 Å². The van der Waals surface area contributed by atoms with Crippen molar-refractivity contribution in [1.29, 1.82) is 5.41 Å². The minimum atomic E-state index is -4.59. The van der Waals surface area contributed by atoms with Crippen molar-refractivity contribution in [1.82, 2.24) is 14.8 Å². The maximum absolute atomic E-state index is 13.3. The zero-order chi connectivity index (χ0) is 19.6. The number of hydrogen-bond acceptors (Lipinski definition) is 4. The number of nitrogens with zero attached hydrogens (tertiary/aromatic N) is 2. The van der Waals surface area contributed by atoms with Gasteiger partial charge in [0.25, 0.3) is 5.91 Å². The number of nitrogens with two attached hydrogens (primary N) is 1. The SMILES string of the molecule is CN(C)CCOc1ccc(C(F)(F)F)c2cc(C(=O)N(C)C(=N)N)[nH]c12.Cl.Cl. The minimum absolute atomic E-state index is 0. The average molecular weight is 444 g/mol. The number of hydrogen-bond donors (Lipinski definition) is 3. The number of benzene rings is 1. The molecule has 1 amide bonds. The highest BCUT2D eigenvalue weighted by Gasteiger charge is 2.34. The van der Waals surface area contributed by atoms with Crippen LogP contribution in [0, 0.1) is 5.41 Å². The number of ether oxygens (including phenoxy) is 1.